The number of amides is 1. The second-order valence-electron chi connectivity index (χ2n) is 6.43. The van der Waals surface area contributed by atoms with Crippen LogP contribution < -0.4 is 4.90 Å². The fourth-order valence-electron chi connectivity index (χ4n) is 3.59. The minimum absolute atomic E-state index is 0.215. The van der Waals surface area contributed by atoms with Gasteiger partial charge in [0.1, 0.15) is 11.9 Å². The predicted molar refractivity (Wildman–Crippen MR) is 101 cm³/mol. The molecule has 0 unspecified atom stereocenters. The Morgan fingerprint density at radius 1 is 1.20 bits per heavy atom. The first-order chi connectivity index (χ1) is 12.2. The lowest BCUT2D eigenvalue weighted by Crippen LogP contribution is -2.37. The zero-order valence-corrected chi connectivity index (χ0v) is 15.5. The summed E-state index contributed by atoms with van der Waals surface area (Å²) in [5.41, 5.74) is 1.63. The van der Waals surface area contributed by atoms with E-state index in [0.29, 0.717) is 12.1 Å². The van der Waals surface area contributed by atoms with E-state index in [-0.39, 0.29) is 5.91 Å². The van der Waals surface area contributed by atoms with E-state index in [9.17, 15) is 10.1 Å². The number of rotatable bonds is 3. The van der Waals surface area contributed by atoms with Gasteiger partial charge in [-0.1, -0.05) is 0 Å². The highest BCUT2D eigenvalue weighted by Gasteiger charge is 2.26. The number of carbonyl (C=O) groups is 1. The summed E-state index contributed by atoms with van der Waals surface area (Å²) < 4.78 is 0. The van der Waals surface area contributed by atoms with Crippen LogP contribution in [-0.2, 0) is 4.79 Å². The Morgan fingerprint density at radius 2 is 2.04 bits per heavy atom. The fourth-order valence-corrected chi connectivity index (χ4v) is 4.37. The molecule has 1 aliphatic carbocycles. The third kappa shape index (κ3) is 3.98. The number of pyridine rings is 1. The molecule has 5 nitrogen and oxygen atoms in total. The largest absolute Gasteiger partial charge is 0.354 e. The molecule has 0 aromatic carbocycles. The molecule has 2 aliphatic rings. The molecule has 0 atom stereocenters. The van der Waals surface area contributed by atoms with Crippen molar-refractivity contribution < 1.29 is 4.79 Å². The van der Waals surface area contributed by atoms with Crippen molar-refractivity contribution in [3.63, 3.8) is 0 Å². The molecule has 0 saturated carbocycles. The van der Waals surface area contributed by atoms with Crippen molar-refractivity contribution in [1.82, 2.24) is 9.88 Å². The lowest BCUT2D eigenvalue weighted by atomic mass is 9.98. The summed E-state index contributed by atoms with van der Waals surface area (Å²) in [6.45, 7) is 3.00. The van der Waals surface area contributed by atoms with Crippen LogP contribution in [0.4, 0.5) is 5.82 Å². The van der Waals surface area contributed by atoms with Crippen LogP contribution in [0.2, 0.25) is 0 Å². The first-order valence-electron chi connectivity index (χ1n) is 8.90. The van der Waals surface area contributed by atoms with Gasteiger partial charge in [-0.15, -0.1) is 11.8 Å². The lowest BCUT2D eigenvalue weighted by Gasteiger charge is -2.26. The molecular weight excluding hydrogens is 332 g/mol. The average Bonchev–Trinajstić information content (AvgIpc) is 2.93. The minimum atomic E-state index is 0.215. The number of thioether (sulfide) groups is 1. The van der Waals surface area contributed by atoms with Crippen molar-refractivity contribution in [2.45, 2.75) is 32.1 Å². The average molecular weight is 356 g/mol. The lowest BCUT2D eigenvalue weighted by molar-refractivity contribution is -0.127. The summed E-state index contributed by atoms with van der Waals surface area (Å²) in [5.74, 6) is 0.952. The minimum Gasteiger partial charge on any atom is -0.354 e. The van der Waals surface area contributed by atoms with Gasteiger partial charge in [-0.2, -0.15) is 5.26 Å². The Bertz CT molecular complexity index is 710. The van der Waals surface area contributed by atoms with Crippen LogP contribution >= 0.6 is 11.8 Å². The topological polar surface area (TPSA) is 60.2 Å². The molecule has 0 radical (unpaired) electrons. The van der Waals surface area contributed by atoms with E-state index in [4.69, 9.17) is 0 Å². The first kappa shape index (κ1) is 17.8. The second-order valence-corrected chi connectivity index (χ2v) is 7.33. The molecule has 1 aromatic rings. The van der Waals surface area contributed by atoms with Crippen molar-refractivity contribution in [2.24, 2.45) is 0 Å². The van der Waals surface area contributed by atoms with Crippen LogP contribution in [0.15, 0.2) is 28.8 Å². The Hall–Kier alpha value is -2.00. The summed E-state index contributed by atoms with van der Waals surface area (Å²) in [4.78, 5) is 22.8. The molecule has 0 bridgehead atoms. The molecular formula is C19H24N4OS. The third-order valence-corrected chi connectivity index (χ3v) is 5.85. The van der Waals surface area contributed by atoms with Gasteiger partial charge in [0.2, 0.25) is 0 Å². The van der Waals surface area contributed by atoms with Crippen LogP contribution in [0.1, 0.15) is 37.7 Å². The van der Waals surface area contributed by atoms with Crippen molar-refractivity contribution in [3.8, 4) is 6.07 Å². The summed E-state index contributed by atoms with van der Waals surface area (Å²) in [5, 5.41) is 9.30. The highest BCUT2D eigenvalue weighted by molar-refractivity contribution is 8.02. The Labute approximate surface area is 153 Å². The molecule has 1 fully saturated rings. The standard InChI is InChI=1S/C19H24N4OS/c1-25-17-8-3-2-7-16(17)19(24)23-11-5-10-22(12-13-23)18-15(14-20)6-4-9-21-18/h4,6,9H,2-3,5,7-8,10-13H2,1H3. The molecule has 1 aromatic heterocycles. The van der Waals surface area contributed by atoms with E-state index >= 15 is 0 Å². The SMILES string of the molecule is CSC1=C(C(=O)N2CCCN(c3ncccc3C#N)CC2)CCCC1. The van der Waals surface area contributed by atoms with Gasteiger partial charge in [-0.05, 0) is 55.4 Å². The maximum atomic E-state index is 13.0. The van der Waals surface area contributed by atoms with Crippen LogP contribution in [0, 0.1) is 11.3 Å². The van der Waals surface area contributed by atoms with Gasteiger partial charge in [0.15, 0.2) is 0 Å². The van der Waals surface area contributed by atoms with Crippen molar-refractivity contribution in [1.29, 1.82) is 5.26 Å². The molecule has 0 N–H and O–H groups in total. The van der Waals surface area contributed by atoms with Gasteiger partial charge in [-0.25, -0.2) is 4.98 Å². The molecule has 1 saturated heterocycles. The number of nitriles is 1. The van der Waals surface area contributed by atoms with E-state index in [2.05, 4.69) is 22.2 Å². The third-order valence-electron chi connectivity index (χ3n) is 4.91. The summed E-state index contributed by atoms with van der Waals surface area (Å²) in [6.07, 6.45) is 8.96. The first-order valence-corrected chi connectivity index (χ1v) is 10.1. The Morgan fingerprint density at radius 3 is 2.84 bits per heavy atom. The normalized spacial score (nSPS) is 18.7. The summed E-state index contributed by atoms with van der Waals surface area (Å²) in [6, 6.07) is 5.80. The van der Waals surface area contributed by atoms with Gasteiger partial charge >= 0.3 is 0 Å². The monoisotopic (exact) mass is 356 g/mol. The summed E-state index contributed by atoms with van der Waals surface area (Å²) >= 11 is 1.73. The highest BCUT2D eigenvalue weighted by atomic mass is 32.2. The van der Waals surface area contributed by atoms with Crippen LogP contribution in [0.3, 0.4) is 0 Å². The maximum absolute atomic E-state index is 13.0. The van der Waals surface area contributed by atoms with E-state index in [1.165, 1.54) is 11.3 Å². The number of anilines is 1. The Kier molecular flexibility index (Phi) is 5.98. The number of hydrogen-bond acceptors (Lipinski definition) is 5. The van der Waals surface area contributed by atoms with Gasteiger partial charge in [0.25, 0.3) is 5.91 Å². The van der Waals surface area contributed by atoms with E-state index in [1.807, 2.05) is 4.90 Å². The van der Waals surface area contributed by atoms with Gasteiger partial charge < -0.3 is 9.80 Å². The molecule has 6 heteroatoms. The molecule has 25 heavy (non-hydrogen) atoms. The van der Waals surface area contributed by atoms with E-state index in [0.717, 1.165) is 56.7 Å². The number of nitrogens with zero attached hydrogens (tertiary/aromatic N) is 4. The smallest absolute Gasteiger partial charge is 0.250 e. The van der Waals surface area contributed by atoms with Gasteiger partial charge in [0.05, 0.1) is 5.56 Å². The molecule has 1 amide bonds. The molecule has 2 heterocycles. The number of carbonyl (C=O) groups excluding carboxylic acids is 1. The van der Waals surface area contributed by atoms with Gasteiger partial charge in [-0.3, -0.25) is 4.79 Å². The van der Waals surface area contributed by atoms with Crippen LogP contribution in [-0.4, -0.2) is 48.2 Å². The second kappa shape index (κ2) is 8.39. The van der Waals surface area contributed by atoms with Crippen LogP contribution in [0.5, 0.6) is 0 Å². The van der Waals surface area contributed by atoms with E-state index in [1.54, 1.807) is 30.1 Å². The van der Waals surface area contributed by atoms with E-state index < -0.39 is 0 Å². The van der Waals surface area contributed by atoms with Crippen molar-refractivity contribution >= 4 is 23.5 Å². The predicted octanol–water partition coefficient (Wildman–Crippen LogP) is 3.18. The zero-order chi connectivity index (χ0) is 17.6. The molecule has 1 aliphatic heterocycles. The van der Waals surface area contributed by atoms with Gasteiger partial charge in [0, 0.05) is 37.9 Å². The highest BCUT2D eigenvalue weighted by Crippen LogP contribution is 2.32. The molecule has 0 spiro atoms. The summed E-state index contributed by atoms with van der Waals surface area (Å²) in [7, 11) is 0. The van der Waals surface area contributed by atoms with Crippen molar-refractivity contribution in [2.75, 3.05) is 37.3 Å². The zero-order valence-electron chi connectivity index (χ0n) is 14.7. The maximum Gasteiger partial charge on any atom is 0.250 e. The Balaban J connectivity index is 1.72. The molecule has 3 rings (SSSR count). The quantitative estimate of drug-likeness (QED) is 0.832. The fraction of sp³-hybridized carbons (Fsp3) is 0.526. The number of hydrogen-bond donors (Lipinski definition) is 0. The van der Waals surface area contributed by atoms with Crippen molar-refractivity contribution in [3.05, 3.63) is 34.4 Å². The number of aromatic nitrogens is 1. The van der Waals surface area contributed by atoms with Crippen LogP contribution in [0.25, 0.3) is 0 Å². The number of allylic oxidation sites excluding steroid dienone is 1. The molecule has 132 valence electrons.